The molecule has 19 heavy (non-hydrogen) atoms. The summed E-state index contributed by atoms with van der Waals surface area (Å²) in [6, 6.07) is 16.4. The molecule has 0 bridgehead atoms. The molecule has 0 unspecified atom stereocenters. The predicted molar refractivity (Wildman–Crippen MR) is 82.0 cm³/mol. The highest BCUT2D eigenvalue weighted by Crippen LogP contribution is 2.24. The first-order valence-electron chi connectivity index (χ1n) is 6.79. The molecule has 3 nitrogen and oxygen atoms in total. The van der Waals surface area contributed by atoms with Gasteiger partial charge in [-0.2, -0.15) is 0 Å². The van der Waals surface area contributed by atoms with Crippen LogP contribution in [0.25, 0.3) is 0 Å². The Labute approximate surface area is 114 Å². The van der Waals surface area contributed by atoms with Crippen molar-refractivity contribution in [1.29, 1.82) is 0 Å². The molecule has 1 saturated heterocycles. The van der Waals surface area contributed by atoms with E-state index in [4.69, 9.17) is 5.73 Å². The number of nitrogens with one attached hydrogen (secondary N) is 1. The van der Waals surface area contributed by atoms with E-state index >= 15 is 0 Å². The quantitative estimate of drug-likeness (QED) is 0.821. The molecule has 0 amide bonds. The Bertz CT molecular complexity index is 542. The second-order valence-corrected chi connectivity index (χ2v) is 4.99. The first kappa shape index (κ1) is 11.9. The normalized spacial score (nSPS) is 14.6. The molecule has 1 heterocycles. The monoisotopic (exact) mass is 253 g/mol. The molecule has 3 rings (SSSR count). The smallest absolute Gasteiger partial charge is 0.0404 e. The summed E-state index contributed by atoms with van der Waals surface area (Å²) in [6.45, 7) is 2.37. The third kappa shape index (κ3) is 2.81. The van der Waals surface area contributed by atoms with Gasteiger partial charge in [0.2, 0.25) is 0 Å². The Balaban J connectivity index is 1.72. The molecule has 1 fully saturated rings. The third-order valence-corrected chi connectivity index (χ3v) is 3.51. The average molecular weight is 253 g/mol. The molecule has 0 spiro atoms. The Hall–Kier alpha value is -2.16. The molecule has 0 atom stereocenters. The fraction of sp³-hybridized carbons (Fsp3) is 0.250. The van der Waals surface area contributed by atoms with Crippen molar-refractivity contribution < 1.29 is 0 Å². The molecule has 0 saturated carbocycles. The van der Waals surface area contributed by atoms with Crippen LogP contribution in [0.1, 0.15) is 12.8 Å². The fourth-order valence-corrected chi connectivity index (χ4v) is 2.51. The summed E-state index contributed by atoms with van der Waals surface area (Å²) < 4.78 is 0. The highest BCUT2D eigenvalue weighted by atomic mass is 15.1. The van der Waals surface area contributed by atoms with Crippen molar-refractivity contribution in [2.45, 2.75) is 12.8 Å². The Morgan fingerprint density at radius 3 is 2.32 bits per heavy atom. The van der Waals surface area contributed by atoms with E-state index < -0.39 is 0 Å². The van der Waals surface area contributed by atoms with Crippen molar-refractivity contribution in [1.82, 2.24) is 0 Å². The van der Waals surface area contributed by atoms with Gasteiger partial charge in [0.25, 0.3) is 0 Å². The van der Waals surface area contributed by atoms with Crippen LogP contribution in [0.15, 0.2) is 48.5 Å². The van der Waals surface area contributed by atoms with E-state index in [0.717, 1.165) is 17.1 Å². The number of benzene rings is 2. The molecule has 1 aliphatic heterocycles. The van der Waals surface area contributed by atoms with Gasteiger partial charge in [-0.05, 0) is 55.3 Å². The van der Waals surface area contributed by atoms with Gasteiger partial charge < -0.3 is 16.0 Å². The molecular weight excluding hydrogens is 234 g/mol. The Morgan fingerprint density at radius 2 is 1.63 bits per heavy atom. The van der Waals surface area contributed by atoms with Crippen LogP contribution in [0, 0.1) is 0 Å². The molecular formula is C16H19N3. The van der Waals surface area contributed by atoms with E-state index in [2.05, 4.69) is 34.5 Å². The van der Waals surface area contributed by atoms with Gasteiger partial charge in [-0.1, -0.05) is 6.07 Å². The van der Waals surface area contributed by atoms with Gasteiger partial charge in [0.05, 0.1) is 0 Å². The summed E-state index contributed by atoms with van der Waals surface area (Å²) in [7, 11) is 0. The van der Waals surface area contributed by atoms with Gasteiger partial charge in [-0.25, -0.2) is 0 Å². The van der Waals surface area contributed by atoms with Gasteiger partial charge in [0.15, 0.2) is 0 Å². The van der Waals surface area contributed by atoms with Gasteiger partial charge in [-0.15, -0.1) is 0 Å². The predicted octanol–water partition coefficient (Wildman–Crippen LogP) is 3.61. The highest BCUT2D eigenvalue weighted by Gasteiger charge is 2.11. The lowest BCUT2D eigenvalue weighted by atomic mass is 10.2. The third-order valence-electron chi connectivity index (χ3n) is 3.51. The van der Waals surface area contributed by atoms with E-state index in [-0.39, 0.29) is 0 Å². The minimum absolute atomic E-state index is 0.777. The fourth-order valence-electron chi connectivity index (χ4n) is 2.51. The number of nitrogens with two attached hydrogens (primary N) is 1. The van der Waals surface area contributed by atoms with Crippen molar-refractivity contribution in [2.75, 3.05) is 29.0 Å². The molecule has 0 aliphatic carbocycles. The second-order valence-electron chi connectivity index (χ2n) is 4.99. The van der Waals surface area contributed by atoms with Crippen LogP contribution >= 0.6 is 0 Å². The van der Waals surface area contributed by atoms with Crippen molar-refractivity contribution in [3.05, 3.63) is 48.5 Å². The van der Waals surface area contributed by atoms with Crippen molar-refractivity contribution in [3.8, 4) is 0 Å². The minimum Gasteiger partial charge on any atom is -0.399 e. The lowest BCUT2D eigenvalue weighted by Crippen LogP contribution is -2.17. The Kier molecular flexibility index (Phi) is 3.27. The molecule has 2 aromatic carbocycles. The summed E-state index contributed by atoms with van der Waals surface area (Å²) in [6.07, 6.45) is 2.62. The molecule has 0 radical (unpaired) electrons. The number of rotatable bonds is 3. The van der Waals surface area contributed by atoms with E-state index in [0.29, 0.717) is 0 Å². The van der Waals surface area contributed by atoms with Crippen LogP contribution in [-0.4, -0.2) is 13.1 Å². The maximum Gasteiger partial charge on any atom is 0.0404 e. The van der Waals surface area contributed by atoms with Gasteiger partial charge >= 0.3 is 0 Å². The first-order chi connectivity index (χ1) is 9.31. The molecule has 2 aromatic rings. The molecule has 3 heteroatoms. The number of hydrogen-bond acceptors (Lipinski definition) is 3. The lowest BCUT2D eigenvalue weighted by Gasteiger charge is -2.18. The van der Waals surface area contributed by atoms with E-state index in [1.54, 1.807) is 0 Å². The zero-order chi connectivity index (χ0) is 13.1. The van der Waals surface area contributed by atoms with Crippen LogP contribution in [0.2, 0.25) is 0 Å². The van der Waals surface area contributed by atoms with Crippen molar-refractivity contribution in [3.63, 3.8) is 0 Å². The Morgan fingerprint density at radius 1 is 0.895 bits per heavy atom. The van der Waals surface area contributed by atoms with Crippen LogP contribution in [-0.2, 0) is 0 Å². The lowest BCUT2D eigenvalue weighted by molar-refractivity contribution is 0.949. The van der Waals surface area contributed by atoms with Crippen molar-refractivity contribution >= 4 is 22.7 Å². The van der Waals surface area contributed by atoms with Crippen molar-refractivity contribution in [2.24, 2.45) is 0 Å². The highest BCUT2D eigenvalue weighted by molar-refractivity contribution is 5.65. The summed E-state index contributed by atoms with van der Waals surface area (Å²) in [5.41, 5.74) is 9.98. The van der Waals surface area contributed by atoms with E-state index in [1.807, 2.05) is 24.3 Å². The van der Waals surface area contributed by atoms with Gasteiger partial charge in [0.1, 0.15) is 0 Å². The average Bonchev–Trinajstić information content (AvgIpc) is 2.94. The van der Waals surface area contributed by atoms with E-state index in [1.165, 1.54) is 31.6 Å². The number of anilines is 4. The second kappa shape index (κ2) is 5.22. The van der Waals surface area contributed by atoms with Crippen LogP contribution in [0.4, 0.5) is 22.7 Å². The zero-order valence-electron chi connectivity index (χ0n) is 11.0. The number of nitrogens with zero attached hydrogens (tertiary/aromatic N) is 1. The summed E-state index contributed by atoms with van der Waals surface area (Å²) >= 11 is 0. The summed E-state index contributed by atoms with van der Waals surface area (Å²) in [5.74, 6) is 0. The van der Waals surface area contributed by atoms with Crippen LogP contribution < -0.4 is 16.0 Å². The first-order valence-corrected chi connectivity index (χ1v) is 6.79. The van der Waals surface area contributed by atoms with Crippen LogP contribution in [0.5, 0.6) is 0 Å². The summed E-state index contributed by atoms with van der Waals surface area (Å²) in [5, 5.41) is 3.36. The molecule has 3 N–H and O–H groups in total. The maximum absolute atomic E-state index is 5.77. The molecule has 0 aromatic heterocycles. The molecule has 98 valence electrons. The van der Waals surface area contributed by atoms with Crippen LogP contribution in [0.3, 0.4) is 0 Å². The van der Waals surface area contributed by atoms with Gasteiger partial charge in [0, 0.05) is 35.8 Å². The topological polar surface area (TPSA) is 41.3 Å². The standard InChI is InChI=1S/C16H19N3/c17-13-4-3-5-15(12-13)18-14-6-8-16(9-7-14)19-10-1-2-11-19/h3-9,12,18H,1-2,10-11,17H2. The maximum atomic E-state index is 5.77. The largest absolute Gasteiger partial charge is 0.399 e. The van der Waals surface area contributed by atoms with Gasteiger partial charge in [-0.3, -0.25) is 0 Å². The molecule has 1 aliphatic rings. The summed E-state index contributed by atoms with van der Waals surface area (Å²) in [4.78, 5) is 2.43. The number of nitrogen functional groups attached to an aromatic ring is 1. The SMILES string of the molecule is Nc1cccc(Nc2ccc(N3CCCC3)cc2)c1. The number of hydrogen-bond donors (Lipinski definition) is 2. The zero-order valence-corrected chi connectivity index (χ0v) is 11.0. The minimum atomic E-state index is 0.777. The van der Waals surface area contributed by atoms with E-state index in [9.17, 15) is 0 Å².